The summed E-state index contributed by atoms with van der Waals surface area (Å²) in [5.74, 6) is -0.728. The normalized spacial score (nSPS) is 14.3. The van der Waals surface area contributed by atoms with Crippen molar-refractivity contribution >= 4 is 11.7 Å². The number of rotatable bonds is 5. The number of fused-ring (bicyclic) bond motifs is 1. The van der Waals surface area contributed by atoms with Gasteiger partial charge in [-0.1, -0.05) is 6.07 Å². The first-order valence-corrected chi connectivity index (χ1v) is 9.15. The van der Waals surface area contributed by atoms with E-state index in [1.807, 2.05) is 13.8 Å². The molecular weight excluding hydrogens is 396 g/mol. The number of aryl methyl sites for hydroxylation is 1. The van der Waals surface area contributed by atoms with Crippen LogP contribution in [0.25, 0.3) is 11.3 Å². The second kappa shape index (κ2) is 7.36. The highest BCUT2D eigenvalue weighted by molar-refractivity contribution is 6.05. The molecule has 3 aromatic heterocycles. The van der Waals surface area contributed by atoms with E-state index in [-0.39, 0.29) is 17.3 Å². The van der Waals surface area contributed by atoms with Gasteiger partial charge in [0.15, 0.2) is 0 Å². The Kier molecular flexibility index (Phi) is 4.84. The van der Waals surface area contributed by atoms with Crippen LogP contribution in [0, 0.1) is 0 Å². The SMILES string of the molecule is Cn1cc(-c2cccc(NC(=O)c3cc4c(nc3OC(F)F)OC(C)(C)C4)n2)cn1. The van der Waals surface area contributed by atoms with Gasteiger partial charge in [0.05, 0.1) is 11.9 Å². The van der Waals surface area contributed by atoms with E-state index in [9.17, 15) is 13.6 Å². The Bertz CT molecular complexity index is 1110. The summed E-state index contributed by atoms with van der Waals surface area (Å²) < 4.78 is 37.5. The Morgan fingerprint density at radius 3 is 2.83 bits per heavy atom. The molecule has 30 heavy (non-hydrogen) atoms. The molecule has 1 N–H and O–H groups in total. The Hall–Kier alpha value is -3.56. The first-order valence-electron chi connectivity index (χ1n) is 9.15. The van der Waals surface area contributed by atoms with Gasteiger partial charge in [0, 0.05) is 30.8 Å². The number of aromatic nitrogens is 4. The van der Waals surface area contributed by atoms with Gasteiger partial charge < -0.3 is 14.8 Å². The lowest BCUT2D eigenvalue weighted by Crippen LogP contribution is -2.24. The highest BCUT2D eigenvalue weighted by Gasteiger charge is 2.34. The quantitative estimate of drug-likeness (QED) is 0.686. The number of amides is 1. The maximum atomic E-state index is 12.9. The largest absolute Gasteiger partial charge is 0.471 e. The van der Waals surface area contributed by atoms with Crippen molar-refractivity contribution in [2.24, 2.45) is 7.05 Å². The zero-order valence-electron chi connectivity index (χ0n) is 16.5. The van der Waals surface area contributed by atoms with Crippen LogP contribution in [-0.2, 0) is 13.5 Å². The second-order valence-electron chi connectivity index (χ2n) is 7.49. The minimum absolute atomic E-state index is 0.121. The molecule has 0 saturated carbocycles. The van der Waals surface area contributed by atoms with Crippen molar-refractivity contribution in [2.45, 2.75) is 32.5 Å². The molecule has 0 atom stereocenters. The Balaban J connectivity index is 1.63. The van der Waals surface area contributed by atoms with E-state index >= 15 is 0 Å². The molecular formula is C20H19F2N5O3. The molecule has 156 valence electrons. The van der Waals surface area contributed by atoms with Crippen LogP contribution in [0.15, 0.2) is 36.7 Å². The monoisotopic (exact) mass is 415 g/mol. The summed E-state index contributed by atoms with van der Waals surface area (Å²) >= 11 is 0. The predicted octanol–water partition coefficient (Wildman–Crippen LogP) is 3.44. The molecule has 10 heteroatoms. The van der Waals surface area contributed by atoms with Crippen LogP contribution in [-0.4, -0.2) is 37.9 Å². The van der Waals surface area contributed by atoms with E-state index in [0.29, 0.717) is 17.7 Å². The summed E-state index contributed by atoms with van der Waals surface area (Å²) in [4.78, 5) is 21.2. The molecule has 3 aromatic rings. The van der Waals surface area contributed by atoms with Crippen LogP contribution in [0.5, 0.6) is 11.8 Å². The van der Waals surface area contributed by atoms with Crippen LogP contribution in [0.4, 0.5) is 14.6 Å². The van der Waals surface area contributed by atoms with E-state index in [1.165, 1.54) is 6.07 Å². The minimum Gasteiger partial charge on any atom is -0.471 e. The maximum absolute atomic E-state index is 12.9. The van der Waals surface area contributed by atoms with E-state index in [2.05, 4.69) is 25.1 Å². The molecule has 0 spiro atoms. The molecule has 0 unspecified atom stereocenters. The third-order valence-corrected chi connectivity index (χ3v) is 4.45. The summed E-state index contributed by atoms with van der Waals surface area (Å²) in [6, 6.07) is 6.56. The lowest BCUT2D eigenvalue weighted by Gasteiger charge is -2.16. The zero-order chi connectivity index (χ0) is 21.5. The molecule has 4 heterocycles. The molecule has 0 fully saturated rings. The van der Waals surface area contributed by atoms with E-state index in [1.54, 1.807) is 42.3 Å². The van der Waals surface area contributed by atoms with Crippen molar-refractivity contribution in [3.05, 3.63) is 47.8 Å². The van der Waals surface area contributed by atoms with Gasteiger partial charge in [-0.3, -0.25) is 9.48 Å². The molecule has 4 rings (SSSR count). The molecule has 0 saturated heterocycles. The molecule has 8 nitrogen and oxygen atoms in total. The Labute approximate surface area is 170 Å². The number of halogens is 2. The zero-order valence-corrected chi connectivity index (χ0v) is 16.5. The number of anilines is 1. The van der Waals surface area contributed by atoms with Gasteiger partial charge in [-0.25, -0.2) is 4.98 Å². The predicted molar refractivity (Wildman–Crippen MR) is 104 cm³/mol. The molecule has 0 bridgehead atoms. The third kappa shape index (κ3) is 4.07. The molecule has 1 aliphatic rings. The lowest BCUT2D eigenvalue weighted by atomic mass is 10.0. The molecule has 0 aliphatic carbocycles. The molecule has 1 aliphatic heterocycles. The van der Waals surface area contributed by atoms with Gasteiger partial charge in [0.1, 0.15) is 17.0 Å². The molecule has 1 amide bonds. The van der Waals surface area contributed by atoms with Gasteiger partial charge >= 0.3 is 6.61 Å². The van der Waals surface area contributed by atoms with Crippen molar-refractivity contribution in [2.75, 3.05) is 5.32 Å². The van der Waals surface area contributed by atoms with Crippen LogP contribution >= 0.6 is 0 Å². The van der Waals surface area contributed by atoms with Crippen molar-refractivity contribution in [1.29, 1.82) is 0 Å². The van der Waals surface area contributed by atoms with Crippen LogP contribution in [0.1, 0.15) is 29.8 Å². The van der Waals surface area contributed by atoms with Crippen LogP contribution < -0.4 is 14.8 Å². The topological polar surface area (TPSA) is 91.2 Å². The standard InChI is InChI=1S/C20H19F2N5O3/c1-20(2)8-11-7-13(18(29-19(21)22)26-17(11)30-20)16(28)25-15-6-4-5-14(24-15)12-9-23-27(3)10-12/h4-7,9-10,19H,8H2,1-3H3,(H,24,25,28). The average molecular weight is 415 g/mol. The average Bonchev–Trinajstić information content (AvgIpc) is 3.22. The summed E-state index contributed by atoms with van der Waals surface area (Å²) in [6.45, 7) is 0.551. The van der Waals surface area contributed by atoms with Crippen molar-refractivity contribution in [3.63, 3.8) is 0 Å². The first kappa shape index (κ1) is 19.7. The summed E-state index contributed by atoms with van der Waals surface area (Å²) in [6.07, 6.45) is 3.92. The number of pyridine rings is 2. The smallest absolute Gasteiger partial charge is 0.388 e. The van der Waals surface area contributed by atoms with E-state index in [4.69, 9.17) is 4.74 Å². The number of nitrogens with zero attached hydrogens (tertiary/aromatic N) is 4. The third-order valence-electron chi connectivity index (χ3n) is 4.45. The highest BCUT2D eigenvalue weighted by atomic mass is 19.3. The van der Waals surface area contributed by atoms with Gasteiger partial charge in [-0.2, -0.15) is 18.9 Å². The fourth-order valence-electron chi connectivity index (χ4n) is 3.23. The Morgan fingerprint density at radius 2 is 2.13 bits per heavy atom. The first-order chi connectivity index (χ1) is 14.2. The Morgan fingerprint density at radius 1 is 1.33 bits per heavy atom. The molecule has 0 aromatic carbocycles. The summed E-state index contributed by atoms with van der Waals surface area (Å²) in [5.41, 5.74) is 1.35. The van der Waals surface area contributed by atoms with Gasteiger partial charge in [0.25, 0.3) is 5.91 Å². The van der Waals surface area contributed by atoms with Gasteiger partial charge in [-0.05, 0) is 32.0 Å². The number of carbonyl (C=O) groups is 1. The fourth-order valence-corrected chi connectivity index (χ4v) is 3.23. The highest BCUT2D eigenvalue weighted by Crippen LogP contribution is 2.37. The number of hydrogen-bond acceptors (Lipinski definition) is 6. The fraction of sp³-hybridized carbons (Fsp3) is 0.300. The number of hydrogen-bond donors (Lipinski definition) is 1. The van der Waals surface area contributed by atoms with Crippen molar-refractivity contribution in [1.82, 2.24) is 19.7 Å². The summed E-state index contributed by atoms with van der Waals surface area (Å²) in [7, 11) is 1.78. The minimum atomic E-state index is -3.14. The number of alkyl halides is 2. The number of nitrogens with one attached hydrogen (secondary N) is 1. The van der Waals surface area contributed by atoms with Crippen molar-refractivity contribution < 1.29 is 23.0 Å². The second-order valence-corrected chi connectivity index (χ2v) is 7.49. The number of carbonyl (C=O) groups excluding carboxylic acids is 1. The van der Waals surface area contributed by atoms with Crippen molar-refractivity contribution in [3.8, 4) is 23.0 Å². The van der Waals surface area contributed by atoms with Gasteiger partial charge in [0.2, 0.25) is 11.8 Å². The van der Waals surface area contributed by atoms with Crippen LogP contribution in [0.3, 0.4) is 0 Å². The van der Waals surface area contributed by atoms with Crippen LogP contribution in [0.2, 0.25) is 0 Å². The molecule has 0 radical (unpaired) electrons. The summed E-state index contributed by atoms with van der Waals surface area (Å²) in [5, 5.41) is 6.71. The van der Waals surface area contributed by atoms with E-state index in [0.717, 1.165) is 5.56 Å². The number of ether oxygens (including phenoxy) is 2. The van der Waals surface area contributed by atoms with E-state index < -0.39 is 24.0 Å². The van der Waals surface area contributed by atoms with Gasteiger partial charge in [-0.15, -0.1) is 0 Å². The maximum Gasteiger partial charge on any atom is 0.388 e. The lowest BCUT2D eigenvalue weighted by molar-refractivity contribution is -0.0534.